The number of unbranched alkanes of at least 4 members (excludes halogenated alkanes) is 33. The monoisotopic (exact) mass is 933 g/mol. The fourth-order valence-electron chi connectivity index (χ4n) is 9.84. The average Bonchev–Trinajstić information content (AvgIpc) is 3.32. The Bertz CT molecular complexity index is 1050. The predicted octanol–water partition coefficient (Wildman–Crippen LogP) is 17.7. The number of carbonyl (C=O) groups is 3. The Labute approximate surface area is 411 Å². The van der Waals surface area contributed by atoms with E-state index in [4.69, 9.17) is 0 Å². The molecule has 0 spiro atoms. The van der Waals surface area contributed by atoms with Crippen molar-refractivity contribution in [2.45, 2.75) is 342 Å². The molecule has 66 heavy (non-hydrogen) atoms. The van der Waals surface area contributed by atoms with Gasteiger partial charge in [0.15, 0.2) is 23.0 Å². The SMILES string of the molecule is CCC(C)CCCCCCCCCCCCCCC(=O)C(O)(CO)C(O)(C(=O)CCCCCCCCCCCCCCC(C)CC)C(=O)CCCCCCCCCCCCCCC(C)CC. The number of hydrogen-bond acceptors (Lipinski definition) is 6. The Morgan fingerprint density at radius 3 is 0.697 bits per heavy atom. The molecule has 0 aliphatic carbocycles. The molecule has 0 aliphatic rings. The van der Waals surface area contributed by atoms with Crippen molar-refractivity contribution in [3.63, 3.8) is 0 Å². The molecule has 4 unspecified atom stereocenters. The Morgan fingerprint density at radius 2 is 0.500 bits per heavy atom. The summed E-state index contributed by atoms with van der Waals surface area (Å²) < 4.78 is 0. The Kier molecular flexibility index (Phi) is 44.3. The van der Waals surface area contributed by atoms with Crippen LogP contribution < -0.4 is 0 Å². The fourth-order valence-corrected chi connectivity index (χ4v) is 9.84. The molecule has 0 aliphatic heterocycles. The molecular formula is C60H116O6. The highest BCUT2D eigenvalue weighted by Gasteiger charge is 2.62. The molecule has 0 saturated heterocycles. The zero-order valence-corrected chi connectivity index (χ0v) is 45.3. The van der Waals surface area contributed by atoms with Crippen LogP contribution in [0.2, 0.25) is 0 Å². The van der Waals surface area contributed by atoms with Gasteiger partial charge in [-0.2, -0.15) is 0 Å². The molecule has 4 atom stereocenters. The topological polar surface area (TPSA) is 112 Å². The van der Waals surface area contributed by atoms with Crippen LogP contribution in [0.4, 0.5) is 0 Å². The van der Waals surface area contributed by atoms with Crippen LogP contribution in [0.15, 0.2) is 0 Å². The van der Waals surface area contributed by atoms with E-state index in [0.29, 0.717) is 19.3 Å². The van der Waals surface area contributed by atoms with Crippen LogP contribution in [0.3, 0.4) is 0 Å². The molecule has 3 N–H and O–H groups in total. The third-order valence-electron chi connectivity index (χ3n) is 15.7. The van der Waals surface area contributed by atoms with E-state index in [2.05, 4.69) is 41.5 Å². The van der Waals surface area contributed by atoms with E-state index in [9.17, 15) is 29.7 Å². The van der Waals surface area contributed by atoms with Gasteiger partial charge in [-0.05, 0) is 37.0 Å². The Morgan fingerprint density at radius 1 is 0.318 bits per heavy atom. The molecule has 0 fully saturated rings. The molecule has 0 bridgehead atoms. The van der Waals surface area contributed by atoms with E-state index in [1.165, 1.54) is 193 Å². The third-order valence-corrected chi connectivity index (χ3v) is 15.7. The van der Waals surface area contributed by atoms with Crippen LogP contribution in [0.1, 0.15) is 330 Å². The van der Waals surface area contributed by atoms with Crippen molar-refractivity contribution in [1.82, 2.24) is 0 Å². The largest absolute Gasteiger partial charge is 0.393 e. The van der Waals surface area contributed by atoms with E-state index in [0.717, 1.165) is 75.5 Å². The van der Waals surface area contributed by atoms with Crippen molar-refractivity contribution < 1.29 is 29.7 Å². The zero-order valence-electron chi connectivity index (χ0n) is 45.3. The summed E-state index contributed by atoms with van der Waals surface area (Å²) in [4.78, 5) is 41.4. The van der Waals surface area contributed by atoms with Crippen molar-refractivity contribution in [2.24, 2.45) is 17.8 Å². The first kappa shape index (κ1) is 64.9. The van der Waals surface area contributed by atoms with Gasteiger partial charge >= 0.3 is 0 Å². The first-order chi connectivity index (χ1) is 31.9. The quantitative estimate of drug-likeness (QED) is 0.0414. The summed E-state index contributed by atoms with van der Waals surface area (Å²) in [5.41, 5.74) is -5.74. The van der Waals surface area contributed by atoms with E-state index in [-0.39, 0.29) is 19.3 Å². The van der Waals surface area contributed by atoms with Crippen molar-refractivity contribution >= 4 is 17.3 Å². The standard InChI is InChI=1S/C60H116O6/c1-7-53(4)46-40-34-28-22-16-10-13-19-25-31-37-43-49-56(62)59(65,52-61)60(66,57(63)50-44-38-32-26-20-14-11-17-23-29-35-41-47-54(5)8-2)58(64)51-45-39-33-27-21-15-12-18-24-30-36-42-48-55(6)9-3/h53-55,61,65-66H,7-52H2,1-6H3. The van der Waals surface area contributed by atoms with Gasteiger partial charge in [-0.25, -0.2) is 0 Å². The molecule has 0 aromatic carbocycles. The van der Waals surface area contributed by atoms with Crippen molar-refractivity contribution in [3.8, 4) is 0 Å². The average molecular weight is 934 g/mol. The van der Waals surface area contributed by atoms with Crippen LogP contribution in [0.5, 0.6) is 0 Å². The minimum atomic E-state index is -2.92. The van der Waals surface area contributed by atoms with Crippen LogP contribution in [-0.4, -0.2) is 50.5 Å². The van der Waals surface area contributed by atoms with Crippen LogP contribution in [0, 0.1) is 17.8 Å². The molecular weight excluding hydrogens is 817 g/mol. The molecule has 0 aromatic rings. The lowest BCUT2D eigenvalue weighted by Gasteiger charge is -2.39. The summed E-state index contributed by atoms with van der Waals surface area (Å²) in [6, 6.07) is 0. The fraction of sp³-hybridized carbons (Fsp3) is 0.950. The van der Waals surface area contributed by atoms with Crippen LogP contribution in [0.25, 0.3) is 0 Å². The van der Waals surface area contributed by atoms with E-state index >= 15 is 0 Å². The molecule has 0 radical (unpaired) electrons. The summed E-state index contributed by atoms with van der Waals surface area (Å²) in [7, 11) is 0. The lowest BCUT2D eigenvalue weighted by atomic mass is 9.71. The smallest absolute Gasteiger partial charge is 0.219 e. The highest BCUT2D eigenvalue weighted by atomic mass is 16.4. The molecule has 0 rings (SSSR count). The lowest BCUT2D eigenvalue weighted by Crippen LogP contribution is -2.69. The molecule has 0 aromatic heterocycles. The van der Waals surface area contributed by atoms with Gasteiger partial charge in [-0.15, -0.1) is 0 Å². The van der Waals surface area contributed by atoms with Crippen LogP contribution in [-0.2, 0) is 14.4 Å². The van der Waals surface area contributed by atoms with Gasteiger partial charge in [0.1, 0.15) is 0 Å². The number of aliphatic hydroxyl groups excluding tert-OH is 1. The summed E-state index contributed by atoms with van der Waals surface area (Å²) >= 11 is 0. The van der Waals surface area contributed by atoms with Gasteiger partial charge in [0, 0.05) is 19.3 Å². The number of Topliss-reactive ketones (excluding diaryl/α,β-unsaturated/α-hetero) is 3. The molecule has 6 heteroatoms. The maximum absolute atomic E-state index is 13.9. The van der Waals surface area contributed by atoms with Crippen molar-refractivity contribution in [2.75, 3.05) is 6.61 Å². The maximum atomic E-state index is 13.9. The number of ketones is 3. The highest BCUT2D eigenvalue weighted by Crippen LogP contribution is 2.32. The van der Waals surface area contributed by atoms with Gasteiger partial charge in [-0.3, -0.25) is 14.4 Å². The predicted molar refractivity (Wildman–Crippen MR) is 284 cm³/mol. The van der Waals surface area contributed by atoms with Gasteiger partial charge in [-0.1, -0.05) is 292 Å². The van der Waals surface area contributed by atoms with Gasteiger partial charge in [0.25, 0.3) is 0 Å². The third kappa shape index (κ3) is 32.7. The number of carbonyl (C=O) groups excluding carboxylic acids is 3. The minimum absolute atomic E-state index is 0.0760. The summed E-state index contributed by atoms with van der Waals surface area (Å²) in [5, 5.41) is 34.3. The molecule has 0 saturated carbocycles. The number of hydrogen-bond donors (Lipinski definition) is 3. The van der Waals surface area contributed by atoms with E-state index in [1.807, 2.05) is 0 Å². The lowest BCUT2D eigenvalue weighted by molar-refractivity contribution is -0.194. The number of aliphatic hydroxyl groups is 3. The first-order valence-electron chi connectivity index (χ1n) is 29.6. The number of rotatable bonds is 53. The van der Waals surface area contributed by atoms with Crippen molar-refractivity contribution in [1.29, 1.82) is 0 Å². The second kappa shape index (κ2) is 45.1. The second-order valence-electron chi connectivity index (χ2n) is 21.9. The Balaban J connectivity index is 4.87. The molecule has 0 amide bonds. The molecule has 6 nitrogen and oxygen atoms in total. The van der Waals surface area contributed by atoms with Crippen molar-refractivity contribution in [3.05, 3.63) is 0 Å². The van der Waals surface area contributed by atoms with Gasteiger partial charge in [0.2, 0.25) is 5.60 Å². The Hall–Kier alpha value is -1.11. The highest BCUT2D eigenvalue weighted by molar-refractivity contribution is 6.16. The van der Waals surface area contributed by atoms with E-state index < -0.39 is 35.2 Å². The maximum Gasteiger partial charge on any atom is 0.219 e. The first-order valence-corrected chi connectivity index (χ1v) is 29.6. The molecule has 392 valence electrons. The second-order valence-corrected chi connectivity index (χ2v) is 21.9. The molecule has 0 heterocycles. The zero-order chi connectivity index (χ0) is 49.0. The minimum Gasteiger partial charge on any atom is -0.393 e. The van der Waals surface area contributed by atoms with Crippen LogP contribution >= 0.6 is 0 Å². The van der Waals surface area contributed by atoms with Gasteiger partial charge < -0.3 is 15.3 Å². The summed E-state index contributed by atoms with van der Waals surface area (Å²) in [5.74, 6) is 0.130. The summed E-state index contributed by atoms with van der Waals surface area (Å²) in [6.45, 7) is 12.7. The summed E-state index contributed by atoms with van der Waals surface area (Å²) in [6.07, 6.45) is 48.7. The van der Waals surface area contributed by atoms with Gasteiger partial charge in [0.05, 0.1) is 6.61 Å². The normalized spacial score (nSPS) is 15.0. The van der Waals surface area contributed by atoms with E-state index in [1.54, 1.807) is 0 Å².